The average Bonchev–Trinajstić information content (AvgIpc) is 2.58. The van der Waals surface area contributed by atoms with Gasteiger partial charge < -0.3 is 15.5 Å². The first kappa shape index (κ1) is 22.7. The van der Waals surface area contributed by atoms with Crippen LogP contribution in [0.4, 0.5) is 0 Å². The molecule has 136 valence electrons. The van der Waals surface area contributed by atoms with Crippen molar-refractivity contribution in [1.29, 1.82) is 0 Å². The minimum absolute atomic E-state index is 0. The van der Waals surface area contributed by atoms with Crippen LogP contribution in [0.5, 0.6) is 0 Å². The van der Waals surface area contributed by atoms with Gasteiger partial charge in [-0.05, 0) is 25.8 Å². The predicted octanol–water partition coefficient (Wildman–Crippen LogP) is 3.01. The largest absolute Gasteiger partial charge is 0.357 e. The number of hydrogen-bond acceptors (Lipinski definition) is 2. The molecule has 1 amide bonds. The smallest absolute Gasteiger partial charge is 0.244 e. The van der Waals surface area contributed by atoms with Gasteiger partial charge in [0.1, 0.15) is 6.54 Å². The third kappa shape index (κ3) is 9.10. The van der Waals surface area contributed by atoms with Crippen LogP contribution >= 0.6 is 24.0 Å². The molecule has 0 spiro atoms. The van der Waals surface area contributed by atoms with Gasteiger partial charge in [0.25, 0.3) is 0 Å². The van der Waals surface area contributed by atoms with Crippen LogP contribution in [0.1, 0.15) is 39.2 Å². The standard InChI is InChI=1S/C18H30N4O.HI/c1-4-7-13-20-18(19-5-2)21-14-17(23)22(6-3)15-16-11-9-8-10-12-16;/h8-12H,4-7,13-15H2,1-3H3,(H2,19,20,21);1H. The van der Waals surface area contributed by atoms with Crippen LogP contribution in [0.3, 0.4) is 0 Å². The van der Waals surface area contributed by atoms with Crippen molar-refractivity contribution in [3.8, 4) is 0 Å². The van der Waals surface area contributed by atoms with Gasteiger partial charge in [0, 0.05) is 26.2 Å². The number of hydrogen-bond donors (Lipinski definition) is 2. The summed E-state index contributed by atoms with van der Waals surface area (Å²) in [6.45, 7) is 9.31. The van der Waals surface area contributed by atoms with Crippen LogP contribution in [0.15, 0.2) is 35.3 Å². The zero-order valence-electron chi connectivity index (χ0n) is 15.0. The average molecular weight is 446 g/mol. The molecule has 0 unspecified atom stereocenters. The molecule has 0 fully saturated rings. The number of benzene rings is 1. The fourth-order valence-electron chi connectivity index (χ4n) is 2.15. The van der Waals surface area contributed by atoms with Crippen molar-refractivity contribution in [3.63, 3.8) is 0 Å². The molecular weight excluding hydrogens is 415 g/mol. The first-order valence-corrected chi connectivity index (χ1v) is 8.55. The van der Waals surface area contributed by atoms with Gasteiger partial charge in [-0.1, -0.05) is 43.7 Å². The summed E-state index contributed by atoms with van der Waals surface area (Å²) in [4.78, 5) is 18.6. The van der Waals surface area contributed by atoms with E-state index in [1.807, 2.05) is 49.1 Å². The van der Waals surface area contributed by atoms with Gasteiger partial charge in [0.15, 0.2) is 5.96 Å². The van der Waals surface area contributed by atoms with Crippen molar-refractivity contribution in [2.75, 3.05) is 26.2 Å². The first-order valence-electron chi connectivity index (χ1n) is 8.55. The second-order valence-electron chi connectivity index (χ2n) is 5.37. The molecule has 1 aromatic rings. The van der Waals surface area contributed by atoms with E-state index >= 15 is 0 Å². The van der Waals surface area contributed by atoms with E-state index in [2.05, 4.69) is 22.5 Å². The Morgan fingerprint density at radius 1 is 1.12 bits per heavy atom. The van der Waals surface area contributed by atoms with E-state index in [4.69, 9.17) is 0 Å². The number of halogens is 1. The molecule has 0 radical (unpaired) electrons. The summed E-state index contributed by atoms with van der Waals surface area (Å²) < 4.78 is 0. The zero-order chi connectivity index (χ0) is 16.9. The molecule has 24 heavy (non-hydrogen) atoms. The fraction of sp³-hybridized carbons (Fsp3) is 0.556. The number of carbonyl (C=O) groups is 1. The lowest BCUT2D eigenvalue weighted by atomic mass is 10.2. The number of nitrogens with one attached hydrogen (secondary N) is 2. The number of nitrogens with zero attached hydrogens (tertiary/aromatic N) is 2. The lowest BCUT2D eigenvalue weighted by Crippen LogP contribution is -2.39. The molecule has 6 heteroatoms. The third-order valence-corrected chi connectivity index (χ3v) is 3.49. The SMILES string of the molecule is CCCCNC(=NCC(=O)N(CC)Cc1ccccc1)NCC.I. The number of likely N-dealkylation sites (N-methyl/N-ethyl adjacent to an activating group) is 1. The molecule has 0 bridgehead atoms. The van der Waals surface area contributed by atoms with Crippen LogP contribution in [-0.2, 0) is 11.3 Å². The fourth-order valence-corrected chi connectivity index (χ4v) is 2.15. The van der Waals surface area contributed by atoms with E-state index in [9.17, 15) is 4.79 Å². The highest BCUT2D eigenvalue weighted by Gasteiger charge is 2.11. The van der Waals surface area contributed by atoms with Gasteiger partial charge in [0.05, 0.1) is 0 Å². The van der Waals surface area contributed by atoms with Crippen molar-refractivity contribution in [2.45, 2.75) is 40.2 Å². The van der Waals surface area contributed by atoms with E-state index < -0.39 is 0 Å². The third-order valence-electron chi connectivity index (χ3n) is 3.49. The minimum Gasteiger partial charge on any atom is -0.357 e. The molecular formula is C18H31IN4O. The second-order valence-corrected chi connectivity index (χ2v) is 5.37. The van der Waals surface area contributed by atoms with E-state index in [0.29, 0.717) is 19.0 Å². The highest BCUT2D eigenvalue weighted by Crippen LogP contribution is 2.04. The molecule has 0 atom stereocenters. The lowest BCUT2D eigenvalue weighted by molar-refractivity contribution is -0.130. The van der Waals surface area contributed by atoms with Gasteiger partial charge in [-0.3, -0.25) is 4.79 Å². The number of unbranched alkanes of at least 4 members (excludes halogenated alkanes) is 1. The summed E-state index contributed by atoms with van der Waals surface area (Å²) in [5.41, 5.74) is 1.14. The first-order chi connectivity index (χ1) is 11.2. The van der Waals surface area contributed by atoms with E-state index in [0.717, 1.165) is 31.5 Å². The molecule has 0 saturated carbocycles. The van der Waals surface area contributed by atoms with Crippen LogP contribution in [-0.4, -0.2) is 42.9 Å². The van der Waals surface area contributed by atoms with Crippen molar-refractivity contribution < 1.29 is 4.79 Å². The summed E-state index contributed by atoms with van der Waals surface area (Å²) in [7, 11) is 0. The summed E-state index contributed by atoms with van der Waals surface area (Å²) >= 11 is 0. The number of rotatable bonds is 9. The van der Waals surface area contributed by atoms with Gasteiger partial charge in [0.2, 0.25) is 5.91 Å². The lowest BCUT2D eigenvalue weighted by Gasteiger charge is -2.20. The minimum atomic E-state index is 0. The van der Waals surface area contributed by atoms with E-state index in [1.54, 1.807) is 0 Å². The highest BCUT2D eigenvalue weighted by molar-refractivity contribution is 14.0. The molecule has 1 aromatic carbocycles. The summed E-state index contributed by atoms with van der Waals surface area (Å²) in [5, 5.41) is 6.42. The van der Waals surface area contributed by atoms with Crippen molar-refractivity contribution in [1.82, 2.24) is 15.5 Å². The predicted molar refractivity (Wildman–Crippen MR) is 112 cm³/mol. The number of amides is 1. The Morgan fingerprint density at radius 2 is 1.83 bits per heavy atom. The molecule has 0 heterocycles. The Labute approximate surface area is 163 Å². The van der Waals surface area contributed by atoms with Crippen LogP contribution in [0.2, 0.25) is 0 Å². The Morgan fingerprint density at radius 3 is 2.42 bits per heavy atom. The Hall–Kier alpha value is -1.31. The van der Waals surface area contributed by atoms with Gasteiger partial charge in [-0.25, -0.2) is 4.99 Å². The molecule has 0 aliphatic carbocycles. The van der Waals surface area contributed by atoms with Gasteiger partial charge in [-0.15, -0.1) is 24.0 Å². The maximum atomic E-state index is 12.4. The summed E-state index contributed by atoms with van der Waals surface area (Å²) in [6, 6.07) is 10.0. The molecule has 5 nitrogen and oxygen atoms in total. The van der Waals surface area contributed by atoms with Crippen molar-refractivity contribution in [2.24, 2.45) is 4.99 Å². The van der Waals surface area contributed by atoms with Gasteiger partial charge >= 0.3 is 0 Å². The highest BCUT2D eigenvalue weighted by atomic mass is 127. The van der Waals surface area contributed by atoms with Crippen molar-refractivity contribution in [3.05, 3.63) is 35.9 Å². The normalized spacial score (nSPS) is 10.7. The molecule has 0 aliphatic rings. The zero-order valence-corrected chi connectivity index (χ0v) is 17.4. The van der Waals surface area contributed by atoms with Crippen LogP contribution < -0.4 is 10.6 Å². The maximum Gasteiger partial charge on any atom is 0.244 e. The Bertz CT molecular complexity index is 479. The van der Waals surface area contributed by atoms with Crippen LogP contribution in [0.25, 0.3) is 0 Å². The number of aliphatic imine (C=N–C) groups is 1. The molecule has 1 rings (SSSR count). The molecule has 0 saturated heterocycles. The Balaban J connectivity index is 0.00000529. The number of carbonyl (C=O) groups excluding carboxylic acids is 1. The van der Waals surface area contributed by atoms with E-state index in [-0.39, 0.29) is 36.4 Å². The maximum absolute atomic E-state index is 12.4. The van der Waals surface area contributed by atoms with Crippen molar-refractivity contribution >= 4 is 35.8 Å². The van der Waals surface area contributed by atoms with Crippen LogP contribution in [0, 0.1) is 0 Å². The quantitative estimate of drug-likeness (QED) is 0.266. The molecule has 2 N–H and O–H groups in total. The van der Waals surface area contributed by atoms with Gasteiger partial charge in [-0.2, -0.15) is 0 Å². The molecule has 0 aromatic heterocycles. The number of guanidine groups is 1. The molecule has 0 aliphatic heterocycles. The monoisotopic (exact) mass is 446 g/mol. The van der Waals surface area contributed by atoms with E-state index in [1.165, 1.54) is 0 Å². The second kappa shape index (κ2) is 14.1. The Kier molecular flexibility index (Phi) is 13.3. The summed E-state index contributed by atoms with van der Waals surface area (Å²) in [5.74, 6) is 0.758. The topological polar surface area (TPSA) is 56.7 Å². The summed E-state index contributed by atoms with van der Waals surface area (Å²) in [6.07, 6.45) is 2.22.